The molecular formula is C17H23N3O3. The van der Waals surface area contributed by atoms with Crippen molar-refractivity contribution in [3.8, 4) is 17.0 Å². The number of carbonyl (C=O) groups excluding carboxylic acids is 1. The number of ether oxygens (including phenoxy) is 2. The quantitative estimate of drug-likeness (QED) is 0.792. The molecule has 0 fully saturated rings. The first-order chi connectivity index (χ1) is 11.0. The van der Waals surface area contributed by atoms with Gasteiger partial charge in [0.1, 0.15) is 11.4 Å². The number of hydrogen-bond donors (Lipinski definition) is 1. The lowest BCUT2D eigenvalue weighted by Crippen LogP contribution is -2.08. The lowest BCUT2D eigenvalue weighted by atomic mass is 10.1. The van der Waals surface area contributed by atoms with Crippen LogP contribution in [0.25, 0.3) is 11.3 Å². The highest BCUT2D eigenvalue weighted by molar-refractivity contribution is 5.94. The van der Waals surface area contributed by atoms with Crippen LogP contribution in [-0.2, 0) is 4.74 Å². The zero-order valence-corrected chi connectivity index (χ0v) is 14.0. The molecule has 0 saturated heterocycles. The number of nitrogens with zero attached hydrogens (tertiary/aromatic N) is 2. The average molecular weight is 317 g/mol. The van der Waals surface area contributed by atoms with Crippen LogP contribution < -0.4 is 4.74 Å². The Kier molecular flexibility index (Phi) is 5.73. The minimum absolute atomic E-state index is 0.172. The van der Waals surface area contributed by atoms with Gasteiger partial charge in [-0.25, -0.2) is 4.79 Å². The fourth-order valence-corrected chi connectivity index (χ4v) is 2.12. The molecule has 2 aromatic rings. The molecule has 1 aromatic carbocycles. The number of aromatic amines is 1. The number of aromatic nitrogens is 3. The minimum Gasteiger partial charge on any atom is -0.493 e. The van der Waals surface area contributed by atoms with Gasteiger partial charge in [0, 0.05) is 5.56 Å². The summed E-state index contributed by atoms with van der Waals surface area (Å²) in [4.78, 5) is 12.0. The van der Waals surface area contributed by atoms with Crippen LogP contribution in [0.1, 0.15) is 43.2 Å². The van der Waals surface area contributed by atoms with E-state index in [0.29, 0.717) is 24.0 Å². The second-order valence-electron chi connectivity index (χ2n) is 5.77. The molecule has 0 bridgehead atoms. The maximum Gasteiger partial charge on any atom is 0.361 e. The van der Waals surface area contributed by atoms with Gasteiger partial charge >= 0.3 is 5.97 Å². The van der Waals surface area contributed by atoms with Crippen LogP contribution in [0, 0.1) is 12.8 Å². The molecule has 1 aromatic heterocycles. The molecule has 2 rings (SSSR count). The third-order valence-corrected chi connectivity index (χ3v) is 3.36. The largest absolute Gasteiger partial charge is 0.493 e. The Labute approximate surface area is 136 Å². The molecule has 0 aliphatic rings. The number of H-pyrrole nitrogens is 1. The van der Waals surface area contributed by atoms with Crippen molar-refractivity contribution in [1.82, 2.24) is 15.4 Å². The van der Waals surface area contributed by atoms with E-state index >= 15 is 0 Å². The predicted octanol–water partition coefficient (Wildman–Crippen LogP) is 3.38. The third kappa shape index (κ3) is 4.31. The summed E-state index contributed by atoms with van der Waals surface area (Å²) in [5.74, 6) is 0.757. The minimum atomic E-state index is -0.495. The number of hydrogen-bond acceptors (Lipinski definition) is 5. The van der Waals surface area contributed by atoms with Gasteiger partial charge < -0.3 is 9.47 Å². The van der Waals surface area contributed by atoms with Crippen LogP contribution in [0.2, 0.25) is 0 Å². The summed E-state index contributed by atoms with van der Waals surface area (Å²) in [6.45, 7) is 8.93. The maximum absolute atomic E-state index is 12.0. The van der Waals surface area contributed by atoms with Crippen LogP contribution >= 0.6 is 0 Å². The Balaban J connectivity index is 2.33. The van der Waals surface area contributed by atoms with Crippen LogP contribution in [0.15, 0.2) is 18.2 Å². The normalized spacial score (nSPS) is 10.8. The van der Waals surface area contributed by atoms with E-state index in [4.69, 9.17) is 9.47 Å². The number of esters is 1. The second-order valence-corrected chi connectivity index (χ2v) is 5.77. The van der Waals surface area contributed by atoms with Crippen LogP contribution in [0.5, 0.6) is 5.75 Å². The number of rotatable bonds is 7. The van der Waals surface area contributed by atoms with E-state index in [1.54, 1.807) is 6.92 Å². The molecule has 124 valence electrons. The van der Waals surface area contributed by atoms with Crippen molar-refractivity contribution in [1.29, 1.82) is 0 Å². The first kappa shape index (κ1) is 17.0. The van der Waals surface area contributed by atoms with E-state index in [0.717, 1.165) is 17.5 Å². The summed E-state index contributed by atoms with van der Waals surface area (Å²) in [5, 5.41) is 10.5. The molecule has 0 amide bonds. The van der Waals surface area contributed by atoms with Gasteiger partial charge in [-0.2, -0.15) is 10.3 Å². The first-order valence-corrected chi connectivity index (χ1v) is 7.84. The van der Waals surface area contributed by atoms with E-state index in [2.05, 4.69) is 29.3 Å². The van der Waals surface area contributed by atoms with Gasteiger partial charge in [-0.05, 0) is 38.3 Å². The summed E-state index contributed by atoms with van der Waals surface area (Å²) in [6.07, 6.45) is 0.955. The molecular weight excluding hydrogens is 294 g/mol. The molecule has 0 aliphatic carbocycles. The van der Waals surface area contributed by atoms with Crippen molar-refractivity contribution in [2.45, 2.75) is 34.1 Å². The fraction of sp³-hybridized carbons (Fsp3) is 0.471. The van der Waals surface area contributed by atoms with Gasteiger partial charge in [0.15, 0.2) is 5.69 Å². The molecule has 23 heavy (non-hydrogen) atoms. The highest BCUT2D eigenvalue weighted by Crippen LogP contribution is 2.31. The van der Waals surface area contributed by atoms with Gasteiger partial charge in [0.2, 0.25) is 0 Å². The Morgan fingerprint density at radius 1 is 1.30 bits per heavy atom. The highest BCUT2D eigenvalue weighted by atomic mass is 16.5. The van der Waals surface area contributed by atoms with Gasteiger partial charge in [0.05, 0.1) is 13.2 Å². The van der Waals surface area contributed by atoms with Crippen LogP contribution in [0.3, 0.4) is 0 Å². The van der Waals surface area contributed by atoms with E-state index in [-0.39, 0.29) is 12.3 Å². The van der Waals surface area contributed by atoms with Gasteiger partial charge in [-0.3, -0.25) is 0 Å². The van der Waals surface area contributed by atoms with E-state index < -0.39 is 5.97 Å². The summed E-state index contributed by atoms with van der Waals surface area (Å²) in [6, 6.07) is 5.80. The summed E-state index contributed by atoms with van der Waals surface area (Å²) in [5.41, 5.74) is 2.41. The lowest BCUT2D eigenvalue weighted by molar-refractivity contribution is 0.0520. The molecule has 0 atom stereocenters. The van der Waals surface area contributed by atoms with E-state index in [9.17, 15) is 4.79 Å². The standard InChI is InChI=1S/C17H23N3O3/c1-5-22-17(21)16-15(18-20-19-16)13-10-12(4)6-7-14(13)23-9-8-11(2)3/h6-7,10-11H,5,8-9H2,1-4H3,(H,18,19,20). The molecule has 6 heteroatoms. The van der Waals surface area contributed by atoms with Gasteiger partial charge in [0.25, 0.3) is 0 Å². The Morgan fingerprint density at radius 2 is 2.09 bits per heavy atom. The number of carbonyl (C=O) groups is 1. The van der Waals surface area contributed by atoms with Crippen molar-refractivity contribution >= 4 is 5.97 Å². The SMILES string of the molecule is CCOC(=O)c1n[nH]nc1-c1cc(C)ccc1OCCC(C)C. The molecule has 0 aliphatic heterocycles. The number of benzene rings is 1. The molecule has 0 spiro atoms. The van der Waals surface area contributed by atoms with Crippen LogP contribution in [0.4, 0.5) is 0 Å². The number of nitrogens with one attached hydrogen (secondary N) is 1. The monoisotopic (exact) mass is 317 g/mol. The molecule has 0 unspecified atom stereocenters. The van der Waals surface area contributed by atoms with Crippen molar-refractivity contribution in [3.05, 3.63) is 29.5 Å². The van der Waals surface area contributed by atoms with Crippen molar-refractivity contribution in [3.63, 3.8) is 0 Å². The molecule has 0 radical (unpaired) electrons. The zero-order valence-electron chi connectivity index (χ0n) is 14.0. The van der Waals surface area contributed by atoms with Gasteiger partial charge in [-0.1, -0.05) is 25.5 Å². The van der Waals surface area contributed by atoms with E-state index in [1.807, 2.05) is 25.1 Å². The topological polar surface area (TPSA) is 77.1 Å². The predicted molar refractivity (Wildman–Crippen MR) is 87.5 cm³/mol. The molecule has 0 saturated carbocycles. The Bertz CT molecular complexity index is 665. The summed E-state index contributed by atoms with van der Waals surface area (Å²) < 4.78 is 10.9. The second kappa shape index (κ2) is 7.76. The molecule has 6 nitrogen and oxygen atoms in total. The van der Waals surface area contributed by atoms with Crippen molar-refractivity contribution in [2.75, 3.05) is 13.2 Å². The smallest absolute Gasteiger partial charge is 0.361 e. The van der Waals surface area contributed by atoms with Gasteiger partial charge in [-0.15, -0.1) is 5.10 Å². The van der Waals surface area contributed by atoms with E-state index in [1.165, 1.54) is 0 Å². The maximum atomic E-state index is 12.0. The average Bonchev–Trinajstić information content (AvgIpc) is 2.98. The first-order valence-electron chi connectivity index (χ1n) is 7.84. The lowest BCUT2D eigenvalue weighted by Gasteiger charge is -2.12. The molecule has 1 N–H and O–H groups in total. The van der Waals surface area contributed by atoms with Crippen molar-refractivity contribution < 1.29 is 14.3 Å². The van der Waals surface area contributed by atoms with Crippen molar-refractivity contribution in [2.24, 2.45) is 5.92 Å². The third-order valence-electron chi connectivity index (χ3n) is 3.36. The summed E-state index contributed by atoms with van der Waals surface area (Å²) >= 11 is 0. The molecule has 1 heterocycles. The summed E-state index contributed by atoms with van der Waals surface area (Å²) in [7, 11) is 0. The highest BCUT2D eigenvalue weighted by Gasteiger charge is 2.22. The zero-order chi connectivity index (χ0) is 16.8. The fourth-order valence-electron chi connectivity index (χ4n) is 2.12. The Morgan fingerprint density at radius 3 is 2.78 bits per heavy atom. The Hall–Kier alpha value is -2.37. The number of aryl methyl sites for hydroxylation is 1. The van der Waals surface area contributed by atoms with Crippen LogP contribution in [-0.4, -0.2) is 34.6 Å².